The van der Waals surface area contributed by atoms with Gasteiger partial charge in [-0.15, -0.1) is 0 Å². The predicted octanol–water partition coefficient (Wildman–Crippen LogP) is 4.13. The average molecular weight is 271 g/mol. The summed E-state index contributed by atoms with van der Waals surface area (Å²) in [7, 11) is 0. The Morgan fingerprint density at radius 3 is 2.70 bits per heavy atom. The van der Waals surface area contributed by atoms with Crippen LogP contribution in [0.4, 0.5) is 5.82 Å². The highest BCUT2D eigenvalue weighted by molar-refractivity contribution is 5.43. The number of ether oxygens (including phenoxy) is 1. The molecule has 0 fully saturated rings. The largest absolute Gasteiger partial charge is 0.439 e. The maximum atomic E-state index is 5.95. The molecule has 0 bridgehead atoms. The van der Waals surface area contributed by atoms with E-state index in [1.54, 1.807) is 0 Å². The van der Waals surface area contributed by atoms with E-state index in [9.17, 15) is 0 Å². The van der Waals surface area contributed by atoms with Crippen molar-refractivity contribution in [3.8, 4) is 11.6 Å². The van der Waals surface area contributed by atoms with E-state index < -0.39 is 0 Å². The highest BCUT2D eigenvalue weighted by Gasteiger charge is 2.10. The minimum absolute atomic E-state index is 0.403. The summed E-state index contributed by atoms with van der Waals surface area (Å²) in [5.41, 5.74) is 2.35. The predicted molar refractivity (Wildman–Crippen MR) is 81.5 cm³/mol. The van der Waals surface area contributed by atoms with Crippen molar-refractivity contribution in [3.05, 3.63) is 41.7 Å². The van der Waals surface area contributed by atoms with Crippen molar-refractivity contribution in [2.45, 2.75) is 33.6 Å². The standard InChI is InChI=1S/C16H21N3O/c1-5-17-15-9-16(19-10-18-15)20-14-8-12(4)6-7-13(14)11(2)3/h6-11H,5H2,1-4H3,(H,17,18,19). The molecule has 1 N–H and O–H groups in total. The number of rotatable bonds is 5. The number of hydrogen-bond acceptors (Lipinski definition) is 4. The molecule has 4 nitrogen and oxygen atoms in total. The van der Waals surface area contributed by atoms with Crippen molar-refractivity contribution >= 4 is 5.82 Å². The van der Waals surface area contributed by atoms with Gasteiger partial charge < -0.3 is 10.1 Å². The van der Waals surface area contributed by atoms with Gasteiger partial charge in [0.2, 0.25) is 5.88 Å². The Balaban J connectivity index is 2.29. The summed E-state index contributed by atoms with van der Waals surface area (Å²) in [5.74, 6) is 2.60. The third kappa shape index (κ3) is 3.47. The van der Waals surface area contributed by atoms with Crippen LogP contribution < -0.4 is 10.1 Å². The van der Waals surface area contributed by atoms with Gasteiger partial charge in [-0.1, -0.05) is 26.0 Å². The fourth-order valence-electron chi connectivity index (χ4n) is 1.99. The van der Waals surface area contributed by atoms with Gasteiger partial charge >= 0.3 is 0 Å². The third-order valence-electron chi connectivity index (χ3n) is 3.01. The maximum Gasteiger partial charge on any atom is 0.224 e. The Morgan fingerprint density at radius 2 is 2.00 bits per heavy atom. The molecule has 2 aromatic rings. The van der Waals surface area contributed by atoms with Crippen LogP contribution in [0.2, 0.25) is 0 Å². The first-order chi connectivity index (χ1) is 9.60. The van der Waals surface area contributed by atoms with Crippen LogP contribution in [0.25, 0.3) is 0 Å². The molecule has 4 heteroatoms. The molecule has 0 aliphatic rings. The Kier molecular flexibility index (Phi) is 4.56. The van der Waals surface area contributed by atoms with E-state index in [1.807, 2.05) is 19.1 Å². The van der Waals surface area contributed by atoms with E-state index in [4.69, 9.17) is 4.74 Å². The molecule has 0 spiro atoms. The summed E-state index contributed by atoms with van der Waals surface area (Å²) in [6.07, 6.45) is 1.51. The van der Waals surface area contributed by atoms with Crippen LogP contribution in [0.5, 0.6) is 11.6 Å². The lowest BCUT2D eigenvalue weighted by Gasteiger charge is -2.14. The summed E-state index contributed by atoms with van der Waals surface area (Å²) in [6, 6.07) is 8.08. The minimum Gasteiger partial charge on any atom is -0.439 e. The Hall–Kier alpha value is -2.10. The van der Waals surface area contributed by atoms with E-state index in [1.165, 1.54) is 17.5 Å². The molecule has 0 radical (unpaired) electrons. The molecule has 106 valence electrons. The molecule has 0 saturated heterocycles. The van der Waals surface area contributed by atoms with Crippen LogP contribution in [0.1, 0.15) is 37.8 Å². The van der Waals surface area contributed by atoms with Gasteiger partial charge in [-0.25, -0.2) is 9.97 Å². The lowest BCUT2D eigenvalue weighted by Crippen LogP contribution is -2.01. The molecule has 0 aliphatic heterocycles. The molecule has 0 atom stereocenters. The quantitative estimate of drug-likeness (QED) is 0.888. The number of benzene rings is 1. The van der Waals surface area contributed by atoms with Crippen LogP contribution in [-0.4, -0.2) is 16.5 Å². The second-order valence-electron chi connectivity index (χ2n) is 5.07. The van der Waals surface area contributed by atoms with E-state index in [0.29, 0.717) is 11.8 Å². The molecular weight excluding hydrogens is 250 g/mol. The summed E-state index contributed by atoms with van der Waals surface area (Å²) in [6.45, 7) is 9.21. The zero-order valence-corrected chi connectivity index (χ0v) is 12.5. The van der Waals surface area contributed by atoms with Gasteiger partial charge in [0, 0.05) is 12.6 Å². The van der Waals surface area contributed by atoms with Gasteiger partial charge in [0.05, 0.1) is 0 Å². The molecule has 0 saturated carbocycles. The summed E-state index contributed by atoms with van der Waals surface area (Å²) >= 11 is 0. The molecule has 1 aromatic carbocycles. The van der Waals surface area contributed by atoms with Gasteiger partial charge in [-0.2, -0.15) is 0 Å². The van der Waals surface area contributed by atoms with E-state index in [2.05, 4.69) is 48.2 Å². The normalized spacial score (nSPS) is 10.7. The second-order valence-corrected chi connectivity index (χ2v) is 5.07. The SMILES string of the molecule is CCNc1cc(Oc2cc(C)ccc2C(C)C)ncn1. The number of hydrogen-bond donors (Lipinski definition) is 1. The molecule has 0 unspecified atom stereocenters. The van der Waals surface area contributed by atoms with Gasteiger partial charge in [0.1, 0.15) is 17.9 Å². The number of nitrogens with zero attached hydrogens (tertiary/aromatic N) is 2. The number of aromatic nitrogens is 2. The van der Waals surface area contributed by atoms with Gasteiger partial charge in [0.25, 0.3) is 0 Å². The zero-order valence-electron chi connectivity index (χ0n) is 12.5. The van der Waals surface area contributed by atoms with Crippen LogP contribution >= 0.6 is 0 Å². The van der Waals surface area contributed by atoms with Gasteiger partial charge in [-0.05, 0) is 37.0 Å². The molecule has 0 aliphatic carbocycles. The second kappa shape index (κ2) is 6.37. The van der Waals surface area contributed by atoms with E-state index >= 15 is 0 Å². The summed E-state index contributed by atoms with van der Waals surface area (Å²) in [5, 5.41) is 3.15. The van der Waals surface area contributed by atoms with Crippen molar-refractivity contribution in [2.75, 3.05) is 11.9 Å². The van der Waals surface area contributed by atoms with Crippen LogP contribution in [0, 0.1) is 6.92 Å². The van der Waals surface area contributed by atoms with Crippen molar-refractivity contribution in [1.82, 2.24) is 9.97 Å². The zero-order chi connectivity index (χ0) is 14.5. The van der Waals surface area contributed by atoms with Crippen molar-refractivity contribution in [1.29, 1.82) is 0 Å². The number of aryl methyl sites for hydroxylation is 1. The van der Waals surface area contributed by atoms with Crippen molar-refractivity contribution < 1.29 is 4.74 Å². The molecule has 1 heterocycles. The first kappa shape index (κ1) is 14.3. The smallest absolute Gasteiger partial charge is 0.224 e. The maximum absolute atomic E-state index is 5.95. The van der Waals surface area contributed by atoms with Gasteiger partial charge in [0.15, 0.2) is 0 Å². The minimum atomic E-state index is 0.403. The molecule has 1 aromatic heterocycles. The summed E-state index contributed by atoms with van der Waals surface area (Å²) in [4.78, 5) is 8.32. The topological polar surface area (TPSA) is 47.0 Å². The Bertz CT molecular complexity index is 582. The van der Waals surface area contributed by atoms with E-state index in [0.717, 1.165) is 18.1 Å². The third-order valence-corrected chi connectivity index (χ3v) is 3.01. The average Bonchev–Trinajstić information content (AvgIpc) is 2.39. The molecule has 20 heavy (non-hydrogen) atoms. The molecule has 0 amide bonds. The molecular formula is C16H21N3O. The fourth-order valence-corrected chi connectivity index (χ4v) is 1.99. The first-order valence-electron chi connectivity index (χ1n) is 6.94. The highest BCUT2D eigenvalue weighted by Crippen LogP contribution is 2.31. The van der Waals surface area contributed by atoms with Crippen LogP contribution in [0.3, 0.4) is 0 Å². The van der Waals surface area contributed by atoms with Crippen LogP contribution in [-0.2, 0) is 0 Å². The van der Waals surface area contributed by atoms with E-state index in [-0.39, 0.29) is 0 Å². The lowest BCUT2D eigenvalue weighted by atomic mass is 10.0. The molecule has 2 rings (SSSR count). The first-order valence-corrected chi connectivity index (χ1v) is 6.94. The fraction of sp³-hybridized carbons (Fsp3) is 0.375. The summed E-state index contributed by atoms with van der Waals surface area (Å²) < 4.78 is 5.95. The van der Waals surface area contributed by atoms with Crippen LogP contribution in [0.15, 0.2) is 30.6 Å². The monoisotopic (exact) mass is 271 g/mol. The highest BCUT2D eigenvalue weighted by atomic mass is 16.5. The van der Waals surface area contributed by atoms with Crippen molar-refractivity contribution in [2.24, 2.45) is 0 Å². The van der Waals surface area contributed by atoms with Crippen molar-refractivity contribution in [3.63, 3.8) is 0 Å². The van der Waals surface area contributed by atoms with Gasteiger partial charge in [-0.3, -0.25) is 0 Å². The Morgan fingerprint density at radius 1 is 1.20 bits per heavy atom. The number of nitrogens with one attached hydrogen (secondary N) is 1. The lowest BCUT2D eigenvalue weighted by molar-refractivity contribution is 0.453. The Labute approximate surface area is 120 Å². The number of anilines is 1.